The zero-order valence-electron chi connectivity index (χ0n) is 9.65. The van der Waals surface area contributed by atoms with Crippen LogP contribution >= 0.6 is 11.6 Å². The lowest BCUT2D eigenvalue weighted by molar-refractivity contribution is 0.174. The van der Waals surface area contributed by atoms with Crippen LogP contribution in [0.5, 0.6) is 11.5 Å². The molecular weight excluding hydrogens is 250 g/mol. The minimum Gasteiger partial charge on any atom is -0.454 e. The van der Waals surface area contributed by atoms with E-state index in [-0.39, 0.29) is 0 Å². The molecule has 0 bridgehead atoms. The van der Waals surface area contributed by atoms with Gasteiger partial charge in [-0.3, -0.25) is 0 Å². The van der Waals surface area contributed by atoms with Crippen molar-refractivity contribution >= 4 is 17.3 Å². The van der Waals surface area contributed by atoms with Gasteiger partial charge < -0.3 is 14.8 Å². The van der Waals surface area contributed by atoms with E-state index in [0.717, 1.165) is 34.3 Å². The van der Waals surface area contributed by atoms with Gasteiger partial charge in [-0.05, 0) is 35.9 Å². The highest BCUT2D eigenvalue weighted by atomic mass is 35.5. The van der Waals surface area contributed by atoms with Crippen LogP contribution in [0.1, 0.15) is 5.56 Å². The fourth-order valence-electron chi connectivity index (χ4n) is 1.85. The number of halogens is 1. The summed E-state index contributed by atoms with van der Waals surface area (Å²) in [4.78, 5) is 0. The molecule has 0 atom stereocenters. The second-order valence-electron chi connectivity index (χ2n) is 4.05. The summed E-state index contributed by atoms with van der Waals surface area (Å²) in [5.41, 5.74) is 2.14. The maximum atomic E-state index is 5.93. The third kappa shape index (κ3) is 2.36. The Labute approximate surface area is 110 Å². The number of hydrogen-bond acceptors (Lipinski definition) is 3. The van der Waals surface area contributed by atoms with Crippen molar-refractivity contribution in [2.24, 2.45) is 0 Å². The van der Waals surface area contributed by atoms with Crippen molar-refractivity contribution in [1.82, 2.24) is 0 Å². The van der Waals surface area contributed by atoms with E-state index in [4.69, 9.17) is 21.1 Å². The van der Waals surface area contributed by atoms with Gasteiger partial charge in [0.25, 0.3) is 0 Å². The third-order valence-corrected chi connectivity index (χ3v) is 2.99. The first kappa shape index (κ1) is 11.2. The van der Waals surface area contributed by atoms with Gasteiger partial charge in [-0.1, -0.05) is 23.7 Å². The van der Waals surface area contributed by atoms with Crippen molar-refractivity contribution in [1.29, 1.82) is 0 Å². The number of hydrogen-bond donors (Lipinski definition) is 1. The molecular formula is C14H12ClNO2. The van der Waals surface area contributed by atoms with Gasteiger partial charge in [0.15, 0.2) is 11.5 Å². The van der Waals surface area contributed by atoms with Crippen LogP contribution in [0, 0.1) is 0 Å². The first-order chi connectivity index (χ1) is 8.81. The Kier molecular flexibility index (Phi) is 2.99. The number of benzene rings is 2. The molecule has 2 aromatic carbocycles. The summed E-state index contributed by atoms with van der Waals surface area (Å²) in [6.07, 6.45) is 0. The molecule has 3 rings (SSSR count). The average molecular weight is 262 g/mol. The Morgan fingerprint density at radius 2 is 1.94 bits per heavy atom. The molecule has 0 radical (unpaired) electrons. The standard InChI is InChI=1S/C14H12ClNO2/c15-11-2-1-3-12(7-11)16-8-10-4-5-13-14(6-10)18-9-17-13/h1-7,16H,8-9H2. The van der Waals surface area contributed by atoms with E-state index >= 15 is 0 Å². The minimum atomic E-state index is 0.306. The van der Waals surface area contributed by atoms with Crippen molar-refractivity contribution < 1.29 is 9.47 Å². The van der Waals surface area contributed by atoms with E-state index in [1.807, 2.05) is 42.5 Å². The molecule has 0 spiro atoms. The second kappa shape index (κ2) is 4.78. The smallest absolute Gasteiger partial charge is 0.231 e. The molecule has 2 aromatic rings. The summed E-state index contributed by atoms with van der Waals surface area (Å²) in [5.74, 6) is 1.61. The molecule has 3 nitrogen and oxygen atoms in total. The Morgan fingerprint density at radius 1 is 1.06 bits per heavy atom. The normalized spacial score (nSPS) is 12.5. The van der Waals surface area contributed by atoms with Gasteiger partial charge in [-0.15, -0.1) is 0 Å². The second-order valence-corrected chi connectivity index (χ2v) is 4.49. The maximum Gasteiger partial charge on any atom is 0.231 e. The summed E-state index contributed by atoms with van der Waals surface area (Å²) in [7, 11) is 0. The Bertz CT molecular complexity index is 571. The first-order valence-corrected chi connectivity index (χ1v) is 6.07. The van der Waals surface area contributed by atoms with Crippen LogP contribution in [0.3, 0.4) is 0 Å². The van der Waals surface area contributed by atoms with E-state index in [9.17, 15) is 0 Å². The van der Waals surface area contributed by atoms with Crippen molar-refractivity contribution in [3.05, 3.63) is 53.1 Å². The summed E-state index contributed by atoms with van der Waals surface area (Å²) in [6, 6.07) is 13.6. The molecule has 0 saturated heterocycles. The highest BCUT2D eigenvalue weighted by Crippen LogP contribution is 2.32. The van der Waals surface area contributed by atoms with Crippen LogP contribution in [0.2, 0.25) is 5.02 Å². The number of rotatable bonds is 3. The zero-order valence-corrected chi connectivity index (χ0v) is 10.4. The topological polar surface area (TPSA) is 30.5 Å². The van der Waals surface area contributed by atoms with Crippen molar-refractivity contribution in [3.63, 3.8) is 0 Å². The van der Waals surface area contributed by atoms with Crippen molar-refractivity contribution in [2.75, 3.05) is 12.1 Å². The number of fused-ring (bicyclic) bond motifs is 1. The van der Waals surface area contributed by atoms with Crippen LogP contribution in [-0.2, 0) is 6.54 Å². The molecule has 0 aliphatic carbocycles. The molecule has 1 N–H and O–H groups in total. The molecule has 18 heavy (non-hydrogen) atoms. The lowest BCUT2D eigenvalue weighted by atomic mass is 10.2. The number of anilines is 1. The fraction of sp³-hybridized carbons (Fsp3) is 0.143. The summed E-state index contributed by atoms with van der Waals surface area (Å²) < 4.78 is 10.6. The molecule has 4 heteroatoms. The summed E-state index contributed by atoms with van der Waals surface area (Å²) >= 11 is 5.93. The molecule has 0 unspecified atom stereocenters. The Hall–Kier alpha value is -1.87. The lowest BCUT2D eigenvalue weighted by Gasteiger charge is -2.07. The molecule has 0 saturated carbocycles. The van der Waals surface area contributed by atoms with E-state index in [2.05, 4.69) is 5.32 Å². The summed E-state index contributed by atoms with van der Waals surface area (Å²) in [5, 5.41) is 4.04. The number of nitrogens with one attached hydrogen (secondary N) is 1. The third-order valence-electron chi connectivity index (χ3n) is 2.76. The van der Waals surface area contributed by atoms with Crippen LogP contribution in [-0.4, -0.2) is 6.79 Å². The van der Waals surface area contributed by atoms with Crippen molar-refractivity contribution in [3.8, 4) is 11.5 Å². The molecule has 0 fully saturated rings. The van der Waals surface area contributed by atoms with Gasteiger partial charge in [0.1, 0.15) is 0 Å². The monoisotopic (exact) mass is 261 g/mol. The highest BCUT2D eigenvalue weighted by molar-refractivity contribution is 6.30. The minimum absolute atomic E-state index is 0.306. The van der Waals surface area contributed by atoms with Gasteiger partial charge in [0.05, 0.1) is 0 Å². The van der Waals surface area contributed by atoms with Crippen LogP contribution in [0.25, 0.3) is 0 Å². The van der Waals surface area contributed by atoms with Gasteiger partial charge in [-0.25, -0.2) is 0 Å². The first-order valence-electron chi connectivity index (χ1n) is 5.69. The average Bonchev–Trinajstić information content (AvgIpc) is 2.84. The van der Waals surface area contributed by atoms with Gasteiger partial charge in [-0.2, -0.15) is 0 Å². The predicted molar refractivity (Wildman–Crippen MR) is 71.3 cm³/mol. The van der Waals surface area contributed by atoms with Crippen LogP contribution in [0.4, 0.5) is 5.69 Å². The molecule has 1 heterocycles. The van der Waals surface area contributed by atoms with E-state index in [1.165, 1.54) is 0 Å². The predicted octanol–water partition coefficient (Wildman–Crippen LogP) is 3.68. The summed E-state index contributed by atoms with van der Waals surface area (Å²) in [6.45, 7) is 1.03. The highest BCUT2D eigenvalue weighted by Gasteiger charge is 2.12. The van der Waals surface area contributed by atoms with Gasteiger partial charge in [0, 0.05) is 17.3 Å². The van der Waals surface area contributed by atoms with Gasteiger partial charge in [0.2, 0.25) is 6.79 Å². The van der Waals surface area contributed by atoms with E-state index in [1.54, 1.807) is 0 Å². The van der Waals surface area contributed by atoms with Crippen molar-refractivity contribution in [2.45, 2.75) is 6.54 Å². The zero-order chi connectivity index (χ0) is 12.4. The molecule has 92 valence electrons. The largest absolute Gasteiger partial charge is 0.454 e. The van der Waals surface area contributed by atoms with Crippen LogP contribution in [0.15, 0.2) is 42.5 Å². The Balaban J connectivity index is 1.70. The van der Waals surface area contributed by atoms with Gasteiger partial charge >= 0.3 is 0 Å². The molecule has 0 amide bonds. The molecule has 1 aliphatic rings. The fourth-order valence-corrected chi connectivity index (χ4v) is 2.04. The number of ether oxygens (including phenoxy) is 2. The molecule has 0 aromatic heterocycles. The van der Waals surface area contributed by atoms with E-state index in [0.29, 0.717) is 6.79 Å². The quantitative estimate of drug-likeness (QED) is 0.914. The maximum absolute atomic E-state index is 5.93. The SMILES string of the molecule is Clc1cccc(NCc2ccc3c(c2)OCO3)c1. The molecule has 1 aliphatic heterocycles. The van der Waals surface area contributed by atoms with E-state index < -0.39 is 0 Å². The lowest BCUT2D eigenvalue weighted by Crippen LogP contribution is -1.99. The Morgan fingerprint density at radius 3 is 2.83 bits per heavy atom. The van der Waals surface area contributed by atoms with Crippen LogP contribution < -0.4 is 14.8 Å².